The van der Waals surface area contributed by atoms with E-state index in [1.165, 1.54) is 0 Å². The molecule has 0 aliphatic rings. The summed E-state index contributed by atoms with van der Waals surface area (Å²) in [6.45, 7) is 3.68. The average Bonchev–Trinajstić information content (AvgIpc) is 2.30. The molecule has 0 saturated heterocycles. The second-order valence-corrected chi connectivity index (χ2v) is 3.58. The molecule has 0 aliphatic carbocycles. The molecule has 2 heteroatoms. The lowest BCUT2D eigenvalue weighted by Gasteiger charge is -2.03. The van der Waals surface area contributed by atoms with E-state index in [9.17, 15) is 0 Å². The minimum Gasteiger partial charge on any atom is -0.254 e. The van der Waals surface area contributed by atoms with Crippen LogP contribution >= 0.6 is 11.6 Å². The van der Waals surface area contributed by atoms with E-state index in [0.29, 0.717) is 5.02 Å². The Morgan fingerprint density at radius 2 is 1.93 bits per heavy atom. The van der Waals surface area contributed by atoms with Gasteiger partial charge in [0.2, 0.25) is 0 Å². The Morgan fingerprint density at radius 3 is 2.53 bits per heavy atom. The van der Waals surface area contributed by atoms with Crippen molar-refractivity contribution in [3.05, 3.63) is 59.8 Å². The molecule has 0 bridgehead atoms. The van der Waals surface area contributed by atoms with Gasteiger partial charge in [0.25, 0.3) is 0 Å². The van der Waals surface area contributed by atoms with E-state index in [1.807, 2.05) is 36.4 Å². The van der Waals surface area contributed by atoms with Crippen molar-refractivity contribution in [2.24, 2.45) is 0 Å². The fourth-order valence-electron chi connectivity index (χ4n) is 1.37. The molecule has 1 nitrogen and oxygen atoms in total. The van der Waals surface area contributed by atoms with Crippen LogP contribution in [0.25, 0.3) is 17.3 Å². The molecule has 1 aromatic heterocycles. The predicted octanol–water partition coefficient (Wildman–Crippen LogP) is 4.05. The zero-order valence-corrected chi connectivity index (χ0v) is 8.91. The summed E-state index contributed by atoms with van der Waals surface area (Å²) < 4.78 is 0. The standard InChI is InChI=1S/C13H10ClN/c1-2-10-8-12(14)13(15-9-10)11-6-4-3-5-7-11/h2-9H,1H2. The molecule has 0 aliphatic heterocycles. The molecule has 1 heterocycles. The van der Waals surface area contributed by atoms with Gasteiger partial charge < -0.3 is 0 Å². The van der Waals surface area contributed by atoms with Gasteiger partial charge in [0.15, 0.2) is 0 Å². The van der Waals surface area contributed by atoms with E-state index >= 15 is 0 Å². The maximum Gasteiger partial charge on any atom is 0.0888 e. The van der Waals surface area contributed by atoms with Crippen LogP contribution < -0.4 is 0 Å². The molecule has 2 rings (SSSR count). The van der Waals surface area contributed by atoms with Crippen LogP contribution in [0, 0.1) is 0 Å². The minimum atomic E-state index is 0.651. The molecule has 74 valence electrons. The van der Waals surface area contributed by atoms with Gasteiger partial charge in [-0.1, -0.05) is 54.6 Å². The Morgan fingerprint density at radius 1 is 1.20 bits per heavy atom. The first-order valence-corrected chi connectivity index (χ1v) is 5.02. The van der Waals surface area contributed by atoms with Crippen molar-refractivity contribution < 1.29 is 0 Å². The summed E-state index contributed by atoms with van der Waals surface area (Å²) in [6, 6.07) is 11.7. The highest BCUT2D eigenvalue weighted by atomic mass is 35.5. The lowest BCUT2D eigenvalue weighted by molar-refractivity contribution is 1.31. The van der Waals surface area contributed by atoms with Crippen LogP contribution in [0.1, 0.15) is 5.56 Å². The Balaban J connectivity index is 2.51. The molecule has 0 fully saturated rings. The monoisotopic (exact) mass is 215 g/mol. The second-order valence-electron chi connectivity index (χ2n) is 3.17. The molecule has 0 atom stereocenters. The SMILES string of the molecule is C=Cc1cnc(-c2ccccc2)c(Cl)c1. The average molecular weight is 216 g/mol. The van der Waals surface area contributed by atoms with Crippen molar-refractivity contribution in [2.75, 3.05) is 0 Å². The zero-order valence-electron chi connectivity index (χ0n) is 8.15. The van der Waals surface area contributed by atoms with Gasteiger partial charge in [0, 0.05) is 11.8 Å². The molecule has 0 radical (unpaired) electrons. The van der Waals surface area contributed by atoms with Crippen molar-refractivity contribution in [2.45, 2.75) is 0 Å². The molecule has 0 amide bonds. The first-order chi connectivity index (χ1) is 7.31. The highest BCUT2D eigenvalue weighted by Gasteiger charge is 2.04. The normalized spacial score (nSPS) is 9.93. The molecule has 0 spiro atoms. The number of halogens is 1. The first kappa shape index (κ1) is 9.94. The van der Waals surface area contributed by atoms with Crippen molar-refractivity contribution >= 4 is 17.7 Å². The van der Waals surface area contributed by atoms with Gasteiger partial charge in [0.1, 0.15) is 0 Å². The summed E-state index contributed by atoms with van der Waals surface area (Å²) in [6.07, 6.45) is 3.49. The van der Waals surface area contributed by atoms with Gasteiger partial charge in [-0.25, -0.2) is 0 Å². The number of nitrogens with zero attached hydrogens (tertiary/aromatic N) is 1. The molecule has 0 unspecified atom stereocenters. The fraction of sp³-hybridized carbons (Fsp3) is 0. The summed E-state index contributed by atoms with van der Waals surface area (Å²) in [4.78, 5) is 4.32. The Kier molecular flexibility index (Phi) is 2.84. The van der Waals surface area contributed by atoms with Gasteiger partial charge in [-0.05, 0) is 11.6 Å². The summed E-state index contributed by atoms with van der Waals surface area (Å²) in [5.41, 5.74) is 2.76. The fourth-order valence-corrected chi connectivity index (χ4v) is 1.66. The van der Waals surface area contributed by atoms with Crippen LogP contribution in [0.4, 0.5) is 0 Å². The number of hydrogen-bond donors (Lipinski definition) is 0. The largest absolute Gasteiger partial charge is 0.254 e. The molecule has 15 heavy (non-hydrogen) atoms. The van der Waals surface area contributed by atoms with Crippen LogP contribution in [-0.2, 0) is 0 Å². The third-order valence-electron chi connectivity index (χ3n) is 2.15. The van der Waals surface area contributed by atoms with Gasteiger partial charge >= 0.3 is 0 Å². The highest BCUT2D eigenvalue weighted by molar-refractivity contribution is 6.33. The van der Waals surface area contributed by atoms with Crippen molar-refractivity contribution in [1.82, 2.24) is 4.98 Å². The third-order valence-corrected chi connectivity index (χ3v) is 2.43. The smallest absolute Gasteiger partial charge is 0.0888 e. The molecular formula is C13H10ClN. The van der Waals surface area contributed by atoms with Crippen molar-refractivity contribution in [1.29, 1.82) is 0 Å². The number of aromatic nitrogens is 1. The maximum absolute atomic E-state index is 6.13. The van der Waals surface area contributed by atoms with Crippen LogP contribution in [0.2, 0.25) is 5.02 Å². The van der Waals surface area contributed by atoms with Crippen molar-refractivity contribution in [3.8, 4) is 11.3 Å². The number of hydrogen-bond acceptors (Lipinski definition) is 1. The lowest BCUT2D eigenvalue weighted by atomic mass is 10.1. The summed E-state index contributed by atoms with van der Waals surface area (Å²) in [5, 5.41) is 0.651. The van der Waals surface area contributed by atoms with E-state index in [4.69, 9.17) is 11.6 Å². The molecule has 2 aromatic rings. The molecule has 0 N–H and O–H groups in total. The van der Waals surface area contributed by atoms with E-state index in [-0.39, 0.29) is 0 Å². The Labute approximate surface area is 94.1 Å². The topological polar surface area (TPSA) is 12.9 Å². The lowest BCUT2D eigenvalue weighted by Crippen LogP contribution is -1.85. The minimum absolute atomic E-state index is 0.651. The van der Waals surface area contributed by atoms with Crippen LogP contribution in [0.3, 0.4) is 0 Å². The van der Waals surface area contributed by atoms with Gasteiger partial charge in [-0.2, -0.15) is 0 Å². The molecular weight excluding hydrogens is 206 g/mol. The summed E-state index contributed by atoms with van der Waals surface area (Å²) in [5.74, 6) is 0. The summed E-state index contributed by atoms with van der Waals surface area (Å²) in [7, 11) is 0. The van der Waals surface area contributed by atoms with Gasteiger partial charge in [0.05, 0.1) is 10.7 Å². The van der Waals surface area contributed by atoms with Crippen LogP contribution in [0.5, 0.6) is 0 Å². The van der Waals surface area contributed by atoms with E-state index < -0.39 is 0 Å². The second kappa shape index (κ2) is 4.28. The van der Waals surface area contributed by atoms with E-state index in [2.05, 4.69) is 11.6 Å². The quantitative estimate of drug-likeness (QED) is 0.737. The third kappa shape index (κ3) is 2.08. The Hall–Kier alpha value is -1.60. The van der Waals surface area contributed by atoms with Crippen LogP contribution in [-0.4, -0.2) is 4.98 Å². The van der Waals surface area contributed by atoms with Gasteiger partial charge in [-0.15, -0.1) is 0 Å². The first-order valence-electron chi connectivity index (χ1n) is 4.64. The summed E-state index contributed by atoms with van der Waals surface area (Å²) >= 11 is 6.13. The number of pyridine rings is 1. The van der Waals surface area contributed by atoms with Crippen LogP contribution in [0.15, 0.2) is 49.2 Å². The number of rotatable bonds is 2. The van der Waals surface area contributed by atoms with E-state index in [0.717, 1.165) is 16.8 Å². The zero-order chi connectivity index (χ0) is 10.7. The highest BCUT2D eigenvalue weighted by Crippen LogP contribution is 2.26. The molecule has 1 aromatic carbocycles. The Bertz CT molecular complexity index is 477. The predicted molar refractivity (Wildman–Crippen MR) is 64.8 cm³/mol. The maximum atomic E-state index is 6.13. The number of benzene rings is 1. The van der Waals surface area contributed by atoms with E-state index in [1.54, 1.807) is 12.3 Å². The van der Waals surface area contributed by atoms with Gasteiger partial charge in [-0.3, -0.25) is 4.98 Å². The van der Waals surface area contributed by atoms with Crippen molar-refractivity contribution in [3.63, 3.8) is 0 Å². The molecule has 0 saturated carbocycles.